The summed E-state index contributed by atoms with van der Waals surface area (Å²) in [5, 5.41) is 0. The third-order valence-electron chi connectivity index (χ3n) is 7.70. The van der Waals surface area contributed by atoms with Gasteiger partial charge in [-0.2, -0.15) is 8.78 Å². The highest BCUT2D eigenvalue weighted by molar-refractivity contribution is 5.72. The van der Waals surface area contributed by atoms with Gasteiger partial charge in [0.05, 0.1) is 119 Å². The lowest BCUT2D eigenvalue weighted by atomic mass is 10.1. The van der Waals surface area contributed by atoms with Crippen LogP contribution in [0.15, 0.2) is 0 Å². The standard InChI is InChI=1S/C38H63F5O11/c1-2-3-4-5-6-7-8-9-10-11-12-14-45-16-18-47-20-22-49-24-26-51-28-30-53-31-29-52-27-25-50-23-21-48-19-17-46-15-13-32(44)54-38-36(42)34(40)33(39)35(41)37(38)43/h2-31H2,1H3. The van der Waals surface area contributed by atoms with Gasteiger partial charge in [-0.3, -0.25) is 4.79 Å². The SMILES string of the molecule is CCCCCCCCCCCCCOCCOCCOCCOCCOCCOCCOCCOCCOCCC(=O)Oc1c(F)c(F)c(F)c(F)c1F. The molecule has 0 amide bonds. The van der Waals surface area contributed by atoms with E-state index in [1.807, 2.05) is 0 Å². The molecule has 0 N–H and O–H groups in total. The first-order valence-corrected chi connectivity index (χ1v) is 19.3. The molecule has 0 aliphatic heterocycles. The topological polar surface area (TPSA) is 109 Å². The monoisotopic (exact) mass is 790 g/mol. The smallest absolute Gasteiger partial charge is 0.313 e. The molecule has 0 bridgehead atoms. The van der Waals surface area contributed by atoms with Gasteiger partial charge in [0.2, 0.25) is 34.8 Å². The van der Waals surface area contributed by atoms with Crippen LogP contribution in [-0.4, -0.2) is 125 Å². The van der Waals surface area contributed by atoms with Crippen LogP contribution in [0.4, 0.5) is 22.0 Å². The molecule has 0 fully saturated rings. The van der Waals surface area contributed by atoms with Crippen molar-refractivity contribution in [2.24, 2.45) is 0 Å². The molecule has 0 unspecified atom stereocenters. The van der Waals surface area contributed by atoms with E-state index in [1.165, 1.54) is 64.2 Å². The first-order valence-electron chi connectivity index (χ1n) is 19.3. The summed E-state index contributed by atoms with van der Waals surface area (Å²) in [6.07, 6.45) is 14.1. The molecule has 0 spiro atoms. The minimum atomic E-state index is -2.34. The third kappa shape index (κ3) is 27.5. The van der Waals surface area contributed by atoms with E-state index in [1.54, 1.807) is 0 Å². The molecular weight excluding hydrogens is 727 g/mol. The fourth-order valence-corrected chi connectivity index (χ4v) is 4.72. The van der Waals surface area contributed by atoms with Crippen LogP contribution < -0.4 is 4.74 Å². The van der Waals surface area contributed by atoms with Crippen LogP contribution in [0.25, 0.3) is 0 Å². The van der Waals surface area contributed by atoms with E-state index in [0.717, 1.165) is 13.0 Å². The molecule has 0 aromatic heterocycles. The van der Waals surface area contributed by atoms with Crippen LogP contribution in [0.5, 0.6) is 5.75 Å². The molecule has 1 aromatic carbocycles. The number of ether oxygens (including phenoxy) is 10. The van der Waals surface area contributed by atoms with E-state index >= 15 is 0 Å². The van der Waals surface area contributed by atoms with Crippen molar-refractivity contribution in [3.63, 3.8) is 0 Å². The molecule has 0 saturated heterocycles. The Hall–Kier alpha value is -2.02. The van der Waals surface area contributed by atoms with Gasteiger partial charge in [-0.1, -0.05) is 71.1 Å². The molecule has 0 saturated carbocycles. The van der Waals surface area contributed by atoms with Crippen LogP contribution in [0.2, 0.25) is 0 Å². The Morgan fingerprint density at radius 3 is 0.944 bits per heavy atom. The maximum absolute atomic E-state index is 13.6. The van der Waals surface area contributed by atoms with E-state index in [0.29, 0.717) is 85.9 Å². The molecule has 0 aliphatic carbocycles. The third-order valence-corrected chi connectivity index (χ3v) is 7.70. The molecule has 0 atom stereocenters. The van der Waals surface area contributed by atoms with Crippen molar-refractivity contribution in [2.45, 2.75) is 84.0 Å². The fourth-order valence-electron chi connectivity index (χ4n) is 4.72. The van der Waals surface area contributed by atoms with Gasteiger partial charge < -0.3 is 47.4 Å². The predicted molar refractivity (Wildman–Crippen MR) is 190 cm³/mol. The van der Waals surface area contributed by atoms with Crippen molar-refractivity contribution in [1.82, 2.24) is 0 Å². The highest BCUT2D eigenvalue weighted by atomic mass is 19.2. The Morgan fingerprint density at radius 1 is 0.352 bits per heavy atom. The zero-order chi connectivity index (χ0) is 39.3. The normalized spacial score (nSPS) is 11.5. The van der Waals surface area contributed by atoms with Crippen molar-refractivity contribution >= 4 is 5.97 Å². The molecule has 0 heterocycles. The fraction of sp³-hybridized carbons (Fsp3) is 0.816. The number of hydrogen-bond donors (Lipinski definition) is 0. The van der Waals surface area contributed by atoms with Gasteiger partial charge in [0, 0.05) is 6.61 Å². The largest absolute Gasteiger partial charge is 0.420 e. The summed E-state index contributed by atoms with van der Waals surface area (Å²) >= 11 is 0. The second-order valence-corrected chi connectivity index (χ2v) is 12.2. The van der Waals surface area contributed by atoms with Crippen molar-refractivity contribution in [2.75, 3.05) is 119 Å². The van der Waals surface area contributed by atoms with Crippen LogP contribution in [0.3, 0.4) is 0 Å². The highest BCUT2D eigenvalue weighted by Gasteiger charge is 2.28. The maximum atomic E-state index is 13.6. The molecular formula is C38H63F5O11. The summed E-state index contributed by atoms with van der Waals surface area (Å²) in [5.41, 5.74) is 0. The summed E-state index contributed by atoms with van der Waals surface area (Å²) in [6, 6.07) is 0. The number of benzene rings is 1. The lowest BCUT2D eigenvalue weighted by molar-refractivity contribution is -0.136. The van der Waals surface area contributed by atoms with E-state index in [4.69, 9.17) is 42.6 Å². The van der Waals surface area contributed by atoms with Crippen LogP contribution >= 0.6 is 0 Å². The number of esters is 1. The summed E-state index contributed by atoms with van der Waals surface area (Å²) in [5.74, 6) is -14.1. The molecule has 16 heteroatoms. The van der Waals surface area contributed by atoms with E-state index in [9.17, 15) is 26.7 Å². The molecule has 316 valence electrons. The molecule has 0 radical (unpaired) electrons. The minimum absolute atomic E-state index is 0.0866. The molecule has 0 aliphatic rings. The summed E-state index contributed by atoms with van der Waals surface area (Å²) in [4.78, 5) is 11.7. The number of carbonyl (C=O) groups is 1. The van der Waals surface area contributed by atoms with Gasteiger partial charge in [0.1, 0.15) is 0 Å². The van der Waals surface area contributed by atoms with Gasteiger partial charge in [-0.05, 0) is 6.42 Å². The second-order valence-electron chi connectivity index (χ2n) is 12.2. The predicted octanol–water partition coefficient (Wildman–Crippen LogP) is 7.14. The second kappa shape index (κ2) is 36.6. The lowest BCUT2D eigenvalue weighted by Gasteiger charge is -2.09. The Bertz CT molecular complexity index is 1010. The number of hydrogen-bond acceptors (Lipinski definition) is 11. The summed E-state index contributed by atoms with van der Waals surface area (Å²) in [6.45, 7) is 9.41. The van der Waals surface area contributed by atoms with Crippen LogP contribution in [0.1, 0.15) is 84.0 Å². The Labute approximate surface area is 317 Å². The van der Waals surface area contributed by atoms with E-state index in [-0.39, 0.29) is 26.4 Å². The van der Waals surface area contributed by atoms with Gasteiger partial charge in [0.25, 0.3) is 0 Å². The van der Waals surface area contributed by atoms with Crippen LogP contribution in [0, 0.1) is 29.1 Å². The van der Waals surface area contributed by atoms with Gasteiger partial charge in [-0.25, -0.2) is 13.2 Å². The average molecular weight is 791 g/mol. The van der Waals surface area contributed by atoms with Crippen molar-refractivity contribution < 1.29 is 74.1 Å². The summed E-state index contributed by atoms with van der Waals surface area (Å²) in [7, 11) is 0. The van der Waals surface area contributed by atoms with Crippen molar-refractivity contribution in [3.05, 3.63) is 29.1 Å². The number of unbranched alkanes of at least 4 members (excludes halogenated alkanes) is 10. The summed E-state index contributed by atoms with van der Waals surface area (Å²) < 4.78 is 120. The Balaban J connectivity index is 1.71. The molecule has 54 heavy (non-hydrogen) atoms. The Morgan fingerprint density at radius 2 is 0.611 bits per heavy atom. The van der Waals surface area contributed by atoms with E-state index in [2.05, 4.69) is 11.7 Å². The quantitative estimate of drug-likeness (QED) is 0.0169. The number of halogens is 5. The maximum Gasteiger partial charge on any atom is 0.313 e. The number of rotatable bonds is 40. The first kappa shape index (κ1) is 50.0. The number of carbonyl (C=O) groups excluding carboxylic acids is 1. The van der Waals surface area contributed by atoms with Crippen molar-refractivity contribution in [3.8, 4) is 5.75 Å². The Kier molecular flexibility index (Phi) is 33.9. The van der Waals surface area contributed by atoms with Crippen LogP contribution in [-0.2, 0) is 47.4 Å². The molecule has 1 rings (SSSR count). The zero-order valence-electron chi connectivity index (χ0n) is 32.1. The van der Waals surface area contributed by atoms with Crippen molar-refractivity contribution in [1.29, 1.82) is 0 Å². The van der Waals surface area contributed by atoms with Gasteiger partial charge in [0.15, 0.2) is 0 Å². The van der Waals surface area contributed by atoms with E-state index < -0.39 is 47.2 Å². The average Bonchev–Trinajstić information content (AvgIpc) is 3.17. The molecule has 11 nitrogen and oxygen atoms in total. The minimum Gasteiger partial charge on any atom is -0.420 e. The zero-order valence-corrected chi connectivity index (χ0v) is 32.1. The van der Waals surface area contributed by atoms with Gasteiger partial charge >= 0.3 is 5.97 Å². The highest BCUT2D eigenvalue weighted by Crippen LogP contribution is 2.29. The van der Waals surface area contributed by atoms with Gasteiger partial charge in [-0.15, -0.1) is 0 Å². The first-order chi connectivity index (χ1) is 26.4. The molecule has 1 aromatic rings. The lowest BCUT2D eigenvalue weighted by Crippen LogP contribution is -2.16.